The van der Waals surface area contributed by atoms with Crippen LogP contribution in [0.15, 0.2) is 22.7 Å². The van der Waals surface area contributed by atoms with Crippen LogP contribution in [0.1, 0.15) is 12.8 Å². The van der Waals surface area contributed by atoms with Crippen LogP contribution in [0.2, 0.25) is 0 Å². The van der Waals surface area contributed by atoms with E-state index in [0.29, 0.717) is 11.4 Å². The number of hydrogen-bond donors (Lipinski definition) is 1. The Bertz CT molecular complexity index is 629. The van der Waals surface area contributed by atoms with Gasteiger partial charge in [-0.05, 0) is 38.1 Å². The van der Waals surface area contributed by atoms with Crippen LogP contribution >= 0.6 is 28.3 Å². The monoisotopic (exact) mass is 417 g/mol. The van der Waals surface area contributed by atoms with E-state index in [0.717, 1.165) is 30.4 Å². The van der Waals surface area contributed by atoms with Gasteiger partial charge in [0.2, 0.25) is 5.91 Å². The van der Waals surface area contributed by atoms with Gasteiger partial charge in [0.25, 0.3) is 5.91 Å². The van der Waals surface area contributed by atoms with E-state index in [1.54, 1.807) is 6.07 Å². The minimum Gasteiger partial charge on any atom is -0.482 e. The number of benzene rings is 1. The van der Waals surface area contributed by atoms with Crippen molar-refractivity contribution >= 4 is 45.8 Å². The third-order valence-electron chi connectivity index (χ3n) is 4.30. The molecule has 3 rings (SSSR count). The molecule has 0 saturated carbocycles. The molecule has 2 aliphatic heterocycles. The normalized spacial score (nSPS) is 19.6. The summed E-state index contributed by atoms with van der Waals surface area (Å²) < 4.78 is 6.34. The highest BCUT2D eigenvalue weighted by Gasteiger charge is 2.33. The molecule has 2 heterocycles. The van der Waals surface area contributed by atoms with Gasteiger partial charge in [-0.3, -0.25) is 14.5 Å². The summed E-state index contributed by atoms with van der Waals surface area (Å²) in [6.07, 6.45) is 2.02. The summed E-state index contributed by atoms with van der Waals surface area (Å²) in [6, 6.07) is 5.68. The van der Waals surface area contributed by atoms with Crippen molar-refractivity contribution in [3.8, 4) is 5.75 Å². The van der Waals surface area contributed by atoms with Crippen molar-refractivity contribution in [3.05, 3.63) is 22.7 Å². The molecule has 0 bridgehead atoms. The van der Waals surface area contributed by atoms with E-state index in [2.05, 4.69) is 21.2 Å². The maximum Gasteiger partial charge on any atom is 0.265 e. The van der Waals surface area contributed by atoms with Crippen molar-refractivity contribution in [3.63, 3.8) is 0 Å². The second kappa shape index (κ2) is 8.18. The molecule has 1 aromatic carbocycles. The molecule has 8 heteroatoms. The zero-order chi connectivity index (χ0) is 16.4. The average Bonchev–Trinajstić information content (AvgIpc) is 2.99. The molecular weight excluding hydrogens is 398 g/mol. The number of nitrogens with one attached hydrogen (secondary N) is 1. The zero-order valence-electron chi connectivity index (χ0n) is 13.5. The minimum atomic E-state index is -0.183. The SMILES string of the molecule is CNCC1CCCN1C(=O)CN1C(=O)COc2cc(Br)ccc21.Cl. The second-order valence-electron chi connectivity index (χ2n) is 5.82. The van der Waals surface area contributed by atoms with Gasteiger partial charge in [0.15, 0.2) is 6.61 Å². The van der Waals surface area contributed by atoms with Gasteiger partial charge in [-0.15, -0.1) is 12.4 Å². The lowest BCUT2D eigenvalue weighted by Crippen LogP contribution is -2.49. The fourth-order valence-corrected chi connectivity index (χ4v) is 3.53. The highest BCUT2D eigenvalue weighted by atomic mass is 79.9. The topological polar surface area (TPSA) is 61.9 Å². The van der Waals surface area contributed by atoms with Crippen LogP contribution in [-0.2, 0) is 9.59 Å². The number of hydrogen-bond acceptors (Lipinski definition) is 4. The summed E-state index contributed by atoms with van der Waals surface area (Å²) >= 11 is 3.39. The lowest BCUT2D eigenvalue weighted by molar-refractivity contribution is -0.132. The highest BCUT2D eigenvalue weighted by molar-refractivity contribution is 9.10. The summed E-state index contributed by atoms with van der Waals surface area (Å²) in [5, 5.41) is 3.13. The molecule has 0 radical (unpaired) electrons. The predicted molar refractivity (Wildman–Crippen MR) is 97.9 cm³/mol. The largest absolute Gasteiger partial charge is 0.482 e. The molecule has 1 atom stereocenters. The fraction of sp³-hybridized carbons (Fsp3) is 0.500. The van der Waals surface area contributed by atoms with Gasteiger partial charge in [0.05, 0.1) is 5.69 Å². The third kappa shape index (κ3) is 3.84. The summed E-state index contributed by atoms with van der Waals surface area (Å²) in [7, 11) is 1.89. The lowest BCUT2D eigenvalue weighted by Gasteiger charge is -2.32. The molecule has 1 saturated heterocycles. The van der Waals surface area contributed by atoms with Crippen LogP contribution < -0.4 is 15.0 Å². The Morgan fingerprint density at radius 2 is 2.25 bits per heavy atom. The van der Waals surface area contributed by atoms with E-state index in [-0.39, 0.29) is 43.4 Å². The van der Waals surface area contributed by atoms with Gasteiger partial charge in [0.1, 0.15) is 12.3 Å². The first-order valence-corrected chi connectivity index (χ1v) is 8.56. The van der Waals surface area contributed by atoms with E-state index in [1.165, 1.54) is 4.90 Å². The molecule has 1 aromatic rings. The first kappa shape index (κ1) is 19.0. The van der Waals surface area contributed by atoms with Crippen molar-refractivity contribution in [1.29, 1.82) is 0 Å². The first-order valence-electron chi connectivity index (χ1n) is 7.77. The second-order valence-corrected chi connectivity index (χ2v) is 6.74. The quantitative estimate of drug-likeness (QED) is 0.810. The van der Waals surface area contributed by atoms with E-state index < -0.39 is 0 Å². The molecule has 2 aliphatic rings. The summed E-state index contributed by atoms with van der Waals surface area (Å²) in [4.78, 5) is 28.3. The van der Waals surface area contributed by atoms with E-state index in [4.69, 9.17) is 4.74 Å². The molecule has 2 amide bonds. The Balaban J connectivity index is 0.00000208. The van der Waals surface area contributed by atoms with Crippen molar-refractivity contribution < 1.29 is 14.3 Å². The number of amides is 2. The van der Waals surface area contributed by atoms with Crippen molar-refractivity contribution in [2.75, 3.05) is 38.2 Å². The van der Waals surface area contributed by atoms with Crippen LogP contribution in [0.25, 0.3) is 0 Å². The van der Waals surface area contributed by atoms with Crippen molar-refractivity contribution in [1.82, 2.24) is 10.2 Å². The number of likely N-dealkylation sites (tertiary alicyclic amines) is 1. The first-order chi connectivity index (χ1) is 11.1. The summed E-state index contributed by atoms with van der Waals surface area (Å²) in [6.45, 7) is 1.58. The summed E-state index contributed by atoms with van der Waals surface area (Å²) in [5.41, 5.74) is 0.655. The van der Waals surface area contributed by atoms with E-state index in [9.17, 15) is 9.59 Å². The van der Waals surface area contributed by atoms with Gasteiger partial charge >= 0.3 is 0 Å². The molecule has 132 valence electrons. The van der Waals surface area contributed by atoms with Gasteiger partial charge in [0, 0.05) is 23.6 Å². The Hall–Kier alpha value is -1.31. The van der Waals surface area contributed by atoms with Crippen LogP contribution in [0, 0.1) is 0 Å². The molecule has 24 heavy (non-hydrogen) atoms. The van der Waals surface area contributed by atoms with Crippen LogP contribution in [0.5, 0.6) is 5.75 Å². The predicted octanol–water partition coefficient (Wildman–Crippen LogP) is 1.81. The molecule has 0 aromatic heterocycles. The van der Waals surface area contributed by atoms with Crippen molar-refractivity contribution in [2.24, 2.45) is 0 Å². The molecule has 1 unspecified atom stereocenters. The highest BCUT2D eigenvalue weighted by Crippen LogP contribution is 2.34. The van der Waals surface area contributed by atoms with Gasteiger partial charge in [-0.1, -0.05) is 15.9 Å². The number of fused-ring (bicyclic) bond motifs is 1. The number of carbonyl (C=O) groups is 2. The molecular formula is C16H21BrClN3O3. The minimum absolute atomic E-state index is 0. The molecule has 0 spiro atoms. The standard InChI is InChI=1S/C16H20BrN3O3.ClH/c1-18-8-12-3-2-6-19(12)15(21)9-20-13-5-4-11(17)7-14(13)23-10-16(20)22;/h4-5,7,12,18H,2-3,6,8-10H2,1H3;1H. The third-order valence-corrected chi connectivity index (χ3v) is 4.79. The Labute approximate surface area is 156 Å². The molecule has 1 N–H and O–H groups in total. The average molecular weight is 419 g/mol. The molecule has 1 fully saturated rings. The van der Waals surface area contributed by atoms with Gasteiger partial charge < -0.3 is 15.0 Å². The Morgan fingerprint density at radius 1 is 1.46 bits per heavy atom. The molecule has 0 aliphatic carbocycles. The maximum absolute atomic E-state index is 12.7. The number of anilines is 1. The number of rotatable bonds is 4. The van der Waals surface area contributed by atoms with Crippen LogP contribution in [0.4, 0.5) is 5.69 Å². The number of ether oxygens (including phenoxy) is 1. The number of carbonyl (C=O) groups excluding carboxylic acids is 2. The smallest absolute Gasteiger partial charge is 0.265 e. The zero-order valence-corrected chi connectivity index (χ0v) is 15.9. The lowest BCUT2D eigenvalue weighted by atomic mass is 10.2. The number of likely N-dealkylation sites (N-methyl/N-ethyl adjacent to an activating group) is 1. The van der Waals surface area contributed by atoms with E-state index in [1.807, 2.05) is 24.1 Å². The van der Waals surface area contributed by atoms with Crippen LogP contribution in [0.3, 0.4) is 0 Å². The van der Waals surface area contributed by atoms with Gasteiger partial charge in [-0.2, -0.15) is 0 Å². The van der Waals surface area contributed by atoms with E-state index >= 15 is 0 Å². The Morgan fingerprint density at radius 3 is 3.00 bits per heavy atom. The Kier molecular flexibility index (Phi) is 6.48. The van der Waals surface area contributed by atoms with Crippen LogP contribution in [-0.4, -0.2) is 56.0 Å². The van der Waals surface area contributed by atoms with Crippen molar-refractivity contribution in [2.45, 2.75) is 18.9 Å². The number of halogens is 2. The summed E-state index contributed by atoms with van der Waals surface area (Å²) in [5.74, 6) is 0.435. The molecule has 6 nitrogen and oxygen atoms in total. The maximum atomic E-state index is 12.7. The fourth-order valence-electron chi connectivity index (χ4n) is 3.19. The van der Waals surface area contributed by atoms with Gasteiger partial charge in [-0.25, -0.2) is 0 Å². The number of nitrogens with zero attached hydrogens (tertiary/aromatic N) is 2.